The highest BCUT2D eigenvalue weighted by atomic mass is 32.2. The van der Waals surface area contributed by atoms with Gasteiger partial charge >= 0.3 is 0 Å². The summed E-state index contributed by atoms with van der Waals surface area (Å²) in [5, 5.41) is 0. The summed E-state index contributed by atoms with van der Waals surface area (Å²) in [4.78, 5) is 21.9. The summed E-state index contributed by atoms with van der Waals surface area (Å²) in [5.74, 6) is 0.239. The fraction of sp³-hybridized carbons (Fsp3) is 0.400. The second-order valence-corrected chi connectivity index (χ2v) is 3.38. The molecule has 0 N–H and O–H groups in total. The first-order valence-corrected chi connectivity index (χ1v) is 4.17. The quantitative estimate of drug-likeness (QED) is 0.463. The van der Waals surface area contributed by atoms with Gasteiger partial charge in [0, 0.05) is 0 Å². The van der Waals surface area contributed by atoms with Gasteiger partial charge in [0.25, 0.3) is 6.47 Å². The van der Waals surface area contributed by atoms with E-state index in [9.17, 15) is 9.59 Å². The molecule has 1 amide bonds. The first-order chi connectivity index (χ1) is 5.25. The third-order valence-corrected chi connectivity index (χ3v) is 2.54. The normalized spacial score (nSPS) is 17.3. The lowest BCUT2D eigenvalue weighted by Gasteiger charge is -2.11. The maximum Gasteiger partial charge on any atom is 0.294 e. The number of thioether (sulfide) groups is 1. The average Bonchev–Trinajstić information content (AvgIpc) is 2.29. The Hall–Kier alpha value is -0.620. The third kappa shape index (κ3) is 1.90. The van der Waals surface area contributed by atoms with E-state index in [1.165, 1.54) is 16.7 Å². The van der Waals surface area contributed by atoms with E-state index in [0.29, 0.717) is 16.5 Å². The van der Waals surface area contributed by atoms with Crippen LogP contribution < -0.4 is 0 Å². The molecule has 0 aromatic rings. The second kappa shape index (κ2) is 3.68. The van der Waals surface area contributed by atoms with Gasteiger partial charge in [0.15, 0.2) is 6.73 Å². The van der Waals surface area contributed by atoms with Crippen LogP contribution in [0.4, 0.5) is 0 Å². The lowest BCUT2D eigenvalue weighted by Crippen LogP contribution is -2.30. The Morgan fingerprint density at radius 3 is 3.00 bits per heavy atom. The van der Waals surface area contributed by atoms with Crippen LogP contribution in [0.15, 0.2) is 0 Å². The summed E-state index contributed by atoms with van der Waals surface area (Å²) in [7, 11) is 0. The second-order valence-electron chi connectivity index (χ2n) is 1.77. The van der Waals surface area contributed by atoms with Crippen molar-refractivity contribution in [1.82, 2.24) is 4.90 Å². The largest absolute Gasteiger partial charge is 0.446 e. The molecule has 1 heterocycles. The Morgan fingerprint density at radius 2 is 2.55 bits per heavy atom. The van der Waals surface area contributed by atoms with Crippen LogP contribution in [-0.2, 0) is 14.3 Å². The van der Waals surface area contributed by atoms with Gasteiger partial charge in [0.05, 0.1) is 5.75 Å². The lowest BCUT2D eigenvalue weighted by atomic mass is 10.6. The molecule has 0 aromatic heterocycles. The van der Waals surface area contributed by atoms with Crippen LogP contribution in [0.1, 0.15) is 0 Å². The predicted molar refractivity (Wildman–Crippen MR) is 43.9 cm³/mol. The summed E-state index contributed by atoms with van der Waals surface area (Å²) in [6, 6.07) is 0. The Labute approximate surface area is 72.9 Å². The molecule has 1 saturated heterocycles. The van der Waals surface area contributed by atoms with Crippen LogP contribution in [0.2, 0.25) is 0 Å². The SMILES string of the molecule is O=COCN1C(=O)CSC1=S. The molecule has 0 unspecified atom stereocenters. The van der Waals surface area contributed by atoms with Crippen molar-refractivity contribution in [3.63, 3.8) is 0 Å². The van der Waals surface area contributed by atoms with Crippen molar-refractivity contribution in [3.05, 3.63) is 0 Å². The van der Waals surface area contributed by atoms with E-state index in [1.54, 1.807) is 0 Å². The molecule has 11 heavy (non-hydrogen) atoms. The number of ether oxygens (including phenoxy) is 1. The average molecular weight is 191 g/mol. The molecule has 1 aliphatic rings. The van der Waals surface area contributed by atoms with Gasteiger partial charge in [-0.1, -0.05) is 24.0 Å². The zero-order valence-electron chi connectivity index (χ0n) is 5.48. The zero-order chi connectivity index (χ0) is 8.27. The van der Waals surface area contributed by atoms with Crippen molar-refractivity contribution in [2.24, 2.45) is 0 Å². The number of nitrogens with zero attached hydrogens (tertiary/aromatic N) is 1. The topological polar surface area (TPSA) is 46.6 Å². The number of thiocarbonyl (C=S) groups is 1. The molecule has 0 saturated carbocycles. The highest BCUT2D eigenvalue weighted by Gasteiger charge is 2.26. The van der Waals surface area contributed by atoms with E-state index in [1.807, 2.05) is 0 Å². The van der Waals surface area contributed by atoms with Crippen molar-refractivity contribution < 1.29 is 14.3 Å². The summed E-state index contributed by atoms with van der Waals surface area (Å²) >= 11 is 6.08. The van der Waals surface area contributed by atoms with Gasteiger partial charge in [-0.2, -0.15) is 0 Å². The fourth-order valence-corrected chi connectivity index (χ4v) is 1.66. The minimum absolute atomic E-state index is 0.0613. The number of rotatable bonds is 3. The van der Waals surface area contributed by atoms with Crippen LogP contribution >= 0.6 is 24.0 Å². The number of hydrogen-bond donors (Lipinski definition) is 0. The first kappa shape index (κ1) is 8.48. The first-order valence-electron chi connectivity index (χ1n) is 2.78. The van der Waals surface area contributed by atoms with Crippen LogP contribution in [0.3, 0.4) is 0 Å². The molecule has 4 nitrogen and oxygen atoms in total. The molecular weight excluding hydrogens is 186 g/mol. The van der Waals surface area contributed by atoms with E-state index in [4.69, 9.17) is 12.2 Å². The molecule has 1 rings (SSSR count). The number of hydrogen-bond acceptors (Lipinski definition) is 5. The van der Waals surface area contributed by atoms with E-state index in [0.717, 1.165) is 0 Å². The molecule has 0 radical (unpaired) electrons. The van der Waals surface area contributed by atoms with Gasteiger partial charge in [-0.05, 0) is 0 Å². The van der Waals surface area contributed by atoms with Crippen molar-refractivity contribution in [1.29, 1.82) is 0 Å². The van der Waals surface area contributed by atoms with Gasteiger partial charge in [0.1, 0.15) is 4.32 Å². The molecule has 0 spiro atoms. The van der Waals surface area contributed by atoms with Gasteiger partial charge in [0.2, 0.25) is 5.91 Å². The molecule has 60 valence electrons. The van der Waals surface area contributed by atoms with E-state index >= 15 is 0 Å². The maximum absolute atomic E-state index is 10.9. The van der Waals surface area contributed by atoms with E-state index < -0.39 is 0 Å². The molecule has 0 aliphatic carbocycles. The molecule has 6 heteroatoms. The smallest absolute Gasteiger partial charge is 0.294 e. The number of carbonyl (C=O) groups is 2. The minimum Gasteiger partial charge on any atom is -0.446 e. The Morgan fingerprint density at radius 1 is 1.82 bits per heavy atom. The standard InChI is InChI=1S/C5H5NO3S2/c7-3-9-2-6-4(8)1-11-5(6)10/h3H,1-2H2. The van der Waals surface area contributed by atoms with Crippen LogP contribution in [0, 0.1) is 0 Å². The zero-order valence-corrected chi connectivity index (χ0v) is 7.11. The van der Waals surface area contributed by atoms with Crippen molar-refractivity contribution in [3.8, 4) is 0 Å². The van der Waals surface area contributed by atoms with Crippen molar-refractivity contribution in [2.45, 2.75) is 0 Å². The van der Waals surface area contributed by atoms with Crippen LogP contribution in [0.5, 0.6) is 0 Å². The Bertz CT molecular complexity index is 190. The van der Waals surface area contributed by atoms with E-state index in [2.05, 4.69) is 4.74 Å². The summed E-state index contributed by atoms with van der Waals surface area (Å²) < 4.78 is 4.85. The van der Waals surface area contributed by atoms with Gasteiger partial charge in [-0.15, -0.1) is 0 Å². The summed E-state index contributed by atoms with van der Waals surface area (Å²) in [5.41, 5.74) is 0. The molecule has 0 aromatic carbocycles. The lowest BCUT2D eigenvalue weighted by molar-refractivity contribution is -0.136. The van der Waals surface area contributed by atoms with E-state index in [-0.39, 0.29) is 12.6 Å². The van der Waals surface area contributed by atoms with Gasteiger partial charge < -0.3 is 4.74 Å². The maximum atomic E-state index is 10.9. The third-order valence-electron chi connectivity index (χ3n) is 1.11. The summed E-state index contributed by atoms with van der Waals surface area (Å²) in [6.45, 7) is 0.229. The number of amides is 1. The molecule has 0 atom stereocenters. The summed E-state index contributed by atoms with van der Waals surface area (Å²) in [6.07, 6.45) is 0. The van der Waals surface area contributed by atoms with Crippen LogP contribution in [-0.4, -0.2) is 34.1 Å². The van der Waals surface area contributed by atoms with Gasteiger partial charge in [-0.3, -0.25) is 14.5 Å². The van der Waals surface area contributed by atoms with Crippen molar-refractivity contribution in [2.75, 3.05) is 12.5 Å². The molecule has 1 fully saturated rings. The highest BCUT2D eigenvalue weighted by molar-refractivity contribution is 8.23. The predicted octanol–water partition coefficient (Wildman–Crippen LogP) is -0.0228. The minimum atomic E-state index is -0.109. The molecular formula is C5H5NO3S2. The highest BCUT2D eigenvalue weighted by Crippen LogP contribution is 2.18. The molecule has 1 aliphatic heterocycles. The number of carbonyl (C=O) groups excluding carboxylic acids is 2. The Balaban J connectivity index is 2.47. The monoisotopic (exact) mass is 191 g/mol. The fourth-order valence-electron chi connectivity index (χ4n) is 0.611. The molecule has 0 bridgehead atoms. The van der Waals surface area contributed by atoms with Crippen LogP contribution in [0.25, 0.3) is 0 Å². The van der Waals surface area contributed by atoms with Gasteiger partial charge in [-0.25, -0.2) is 0 Å². The Kier molecular flexibility index (Phi) is 2.84. The van der Waals surface area contributed by atoms with Crippen molar-refractivity contribution >= 4 is 40.7 Å².